The molecule has 1 saturated heterocycles. The van der Waals surface area contributed by atoms with E-state index in [1.54, 1.807) is 0 Å². The molecule has 2 fully saturated rings. The van der Waals surface area contributed by atoms with Crippen molar-refractivity contribution in [1.82, 2.24) is 19.4 Å². The third kappa shape index (κ3) is 3.05. The Morgan fingerprint density at radius 2 is 2.30 bits per heavy atom. The molecule has 1 aliphatic carbocycles. The number of aliphatic hydroxyl groups excluding tert-OH is 1. The van der Waals surface area contributed by atoms with Crippen LogP contribution in [0.1, 0.15) is 25.1 Å². The minimum atomic E-state index is 0.219. The molecule has 112 valence electrons. The van der Waals surface area contributed by atoms with Gasteiger partial charge in [-0.15, -0.1) is 0 Å². The highest BCUT2D eigenvalue weighted by molar-refractivity contribution is 4.93. The number of aryl methyl sites for hydroxylation is 1. The summed E-state index contributed by atoms with van der Waals surface area (Å²) in [5, 5.41) is 9.25. The molecule has 1 saturated carbocycles. The van der Waals surface area contributed by atoms with Crippen molar-refractivity contribution in [2.24, 2.45) is 13.0 Å². The first-order chi connectivity index (χ1) is 9.76. The van der Waals surface area contributed by atoms with Crippen LogP contribution in [0.5, 0.6) is 0 Å². The quantitative estimate of drug-likeness (QED) is 0.797. The zero-order chi connectivity index (χ0) is 13.9. The van der Waals surface area contributed by atoms with E-state index in [0.717, 1.165) is 44.0 Å². The largest absolute Gasteiger partial charge is 0.395 e. The van der Waals surface area contributed by atoms with Crippen molar-refractivity contribution >= 4 is 0 Å². The lowest BCUT2D eigenvalue weighted by molar-refractivity contribution is 0.144. The minimum absolute atomic E-state index is 0.219. The van der Waals surface area contributed by atoms with Gasteiger partial charge in [0, 0.05) is 51.7 Å². The van der Waals surface area contributed by atoms with Crippen LogP contribution in [-0.4, -0.2) is 63.3 Å². The molecule has 5 nitrogen and oxygen atoms in total. The maximum absolute atomic E-state index is 9.25. The van der Waals surface area contributed by atoms with Gasteiger partial charge in [0.25, 0.3) is 0 Å². The number of aliphatic hydroxyl groups is 1. The second-order valence-electron chi connectivity index (χ2n) is 6.28. The molecular weight excluding hydrogens is 252 g/mol. The molecule has 20 heavy (non-hydrogen) atoms. The van der Waals surface area contributed by atoms with Crippen molar-refractivity contribution in [2.45, 2.75) is 31.8 Å². The van der Waals surface area contributed by atoms with E-state index < -0.39 is 0 Å². The number of hydrogen-bond acceptors (Lipinski definition) is 4. The third-order valence-corrected chi connectivity index (χ3v) is 4.93. The molecule has 0 aromatic carbocycles. The Balaban J connectivity index is 1.51. The van der Waals surface area contributed by atoms with E-state index in [0.29, 0.717) is 0 Å². The van der Waals surface area contributed by atoms with Gasteiger partial charge in [0.15, 0.2) is 0 Å². The summed E-state index contributed by atoms with van der Waals surface area (Å²) >= 11 is 0. The first-order valence-corrected chi connectivity index (χ1v) is 7.79. The second kappa shape index (κ2) is 6.24. The summed E-state index contributed by atoms with van der Waals surface area (Å²) in [6, 6.07) is 0.837. The maximum atomic E-state index is 9.25. The number of likely N-dealkylation sites (tertiary alicyclic amines) is 1. The summed E-state index contributed by atoms with van der Waals surface area (Å²) in [7, 11) is 2.03. The van der Waals surface area contributed by atoms with Gasteiger partial charge in [0.1, 0.15) is 5.82 Å². The van der Waals surface area contributed by atoms with Gasteiger partial charge in [-0.05, 0) is 25.2 Å². The molecule has 1 aliphatic heterocycles. The number of piperidine rings is 1. The topological polar surface area (TPSA) is 44.5 Å². The molecule has 2 aliphatic rings. The summed E-state index contributed by atoms with van der Waals surface area (Å²) < 4.78 is 2.06. The predicted octanol–water partition coefficient (Wildman–Crippen LogP) is 0.699. The molecule has 1 aromatic rings. The number of rotatable bonds is 7. The molecule has 0 spiro atoms. The van der Waals surface area contributed by atoms with Crippen LogP contribution in [0, 0.1) is 5.92 Å². The van der Waals surface area contributed by atoms with E-state index >= 15 is 0 Å². The third-order valence-electron chi connectivity index (χ3n) is 4.93. The molecule has 5 heteroatoms. The SMILES string of the molecule is Cn1ccnc1CN(CCO)CCN1C[C@H]2CC[C@@H]1C2. The van der Waals surface area contributed by atoms with Crippen molar-refractivity contribution in [3.05, 3.63) is 18.2 Å². The fourth-order valence-electron chi connectivity index (χ4n) is 3.73. The monoisotopic (exact) mass is 278 g/mol. The van der Waals surface area contributed by atoms with E-state index in [-0.39, 0.29) is 6.61 Å². The number of hydrogen-bond donors (Lipinski definition) is 1. The van der Waals surface area contributed by atoms with Crippen LogP contribution in [0.25, 0.3) is 0 Å². The van der Waals surface area contributed by atoms with Gasteiger partial charge in [0.05, 0.1) is 13.2 Å². The Labute approximate surface area is 121 Å². The Morgan fingerprint density at radius 1 is 1.40 bits per heavy atom. The lowest BCUT2D eigenvalue weighted by Gasteiger charge is -2.30. The highest BCUT2D eigenvalue weighted by atomic mass is 16.3. The summed E-state index contributed by atoms with van der Waals surface area (Å²) in [6.45, 7) is 5.22. The molecule has 3 rings (SSSR count). The van der Waals surface area contributed by atoms with Crippen molar-refractivity contribution in [1.29, 1.82) is 0 Å². The van der Waals surface area contributed by atoms with Crippen LogP contribution in [0.2, 0.25) is 0 Å². The van der Waals surface area contributed by atoms with Crippen molar-refractivity contribution in [3.8, 4) is 0 Å². The smallest absolute Gasteiger partial charge is 0.122 e. The Morgan fingerprint density at radius 3 is 2.90 bits per heavy atom. The summed E-state index contributed by atoms with van der Waals surface area (Å²) in [5.74, 6) is 2.03. The zero-order valence-corrected chi connectivity index (χ0v) is 12.4. The fourth-order valence-corrected chi connectivity index (χ4v) is 3.73. The lowest BCUT2D eigenvalue weighted by atomic mass is 10.1. The van der Waals surface area contributed by atoms with Crippen LogP contribution >= 0.6 is 0 Å². The lowest BCUT2D eigenvalue weighted by Crippen LogP contribution is -2.40. The summed E-state index contributed by atoms with van der Waals surface area (Å²) in [6.07, 6.45) is 8.07. The normalized spacial score (nSPS) is 25.9. The standard InChI is InChI=1S/C15H26N4O/c1-17-5-4-16-15(17)12-18(8-9-20)6-7-19-11-13-2-3-14(19)10-13/h4-5,13-14,20H,2-3,6-12H2,1H3/t13-,14+/m0/s1. The van der Waals surface area contributed by atoms with E-state index in [4.69, 9.17) is 0 Å². The second-order valence-corrected chi connectivity index (χ2v) is 6.28. The Kier molecular flexibility index (Phi) is 4.38. The molecule has 0 unspecified atom stereocenters. The number of imidazole rings is 1. The van der Waals surface area contributed by atoms with Crippen LogP contribution in [-0.2, 0) is 13.6 Å². The first-order valence-electron chi connectivity index (χ1n) is 7.79. The molecule has 2 atom stereocenters. The highest BCUT2D eigenvalue weighted by Gasteiger charge is 2.37. The first kappa shape index (κ1) is 14.0. The van der Waals surface area contributed by atoms with Crippen molar-refractivity contribution in [2.75, 3.05) is 32.8 Å². The van der Waals surface area contributed by atoms with Crippen molar-refractivity contribution in [3.63, 3.8) is 0 Å². The number of fused-ring (bicyclic) bond motifs is 2. The molecule has 1 aromatic heterocycles. The van der Waals surface area contributed by atoms with Gasteiger partial charge in [-0.2, -0.15) is 0 Å². The molecule has 1 N–H and O–H groups in total. The van der Waals surface area contributed by atoms with Gasteiger partial charge in [-0.3, -0.25) is 9.80 Å². The van der Waals surface area contributed by atoms with Crippen LogP contribution in [0.15, 0.2) is 12.4 Å². The van der Waals surface area contributed by atoms with Gasteiger partial charge in [-0.1, -0.05) is 0 Å². The molecule has 0 radical (unpaired) electrons. The van der Waals surface area contributed by atoms with Crippen LogP contribution in [0.3, 0.4) is 0 Å². The number of aromatic nitrogens is 2. The summed E-state index contributed by atoms with van der Waals surface area (Å²) in [5.41, 5.74) is 0. The van der Waals surface area contributed by atoms with E-state index in [1.165, 1.54) is 25.8 Å². The zero-order valence-electron chi connectivity index (χ0n) is 12.4. The highest BCUT2D eigenvalue weighted by Crippen LogP contribution is 2.36. The fraction of sp³-hybridized carbons (Fsp3) is 0.800. The average molecular weight is 278 g/mol. The molecule has 0 amide bonds. The molecular formula is C15H26N4O. The van der Waals surface area contributed by atoms with Gasteiger partial charge in [-0.25, -0.2) is 4.98 Å². The maximum Gasteiger partial charge on any atom is 0.122 e. The summed E-state index contributed by atoms with van der Waals surface area (Å²) in [4.78, 5) is 9.35. The minimum Gasteiger partial charge on any atom is -0.395 e. The van der Waals surface area contributed by atoms with Crippen molar-refractivity contribution < 1.29 is 5.11 Å². The Bertz CT molecular complexity index is 433. The van der Waals surface area contributed by atoms with Gasteiger partial charge >= 0.3 is 0 Å². The van der Waals surface area contributed by atoms with Crippen LogP contribution in [0.4, 0.5) is 0 Å². The molecule has 2 heterocycles. The van der Waals surface area contributed by atoms with E-state index in [9.17, 15) is 5.11 Å². The Hall–Kier alpha value is -0.910. The average Bonchev–Trinajstić information content (AvgIpc) is 3.14. The van der Waals surface area contributed by atoms with E-state index in [2.05, 4.69) is 19.4 Å². The number of nitrogens with zero attached hydrogens (tertiary/aromatic N) is 4. The van der Waals surface area contributed by atoms with Gasteiger partial charge < -0.3 is 9.67 Å². The molecule has 2 bridgehead atoms. The van der Waals surface area contributed by atoms with E-state index in [1.807, 2.05) is 19.4 Å². The van der Waals surface area contributed by atoms with Crippen LogP contribution < -0.4 is 0 Å². The van der Waals surface area contributed by atoms with Gasteiger partial charge in [0.2, 0.25) is 0 Å². The predicted molar refractivity (Wildman–Crippen MR) is 78.3 cm³/mol.